The Morgan fingerprint density at radius 1 is 1.53 bits per heavy atom. The number of ketones is 1. The van der Waals surface area contributed by atoms with Gasteiger partial charge < -0.3 is 0 Å². The molecule has 2 aromatic rings. The molecule has 3 nitrogen and oxygen atoms in total. The highest BCUT2D eigenvalue weighted by molar-refractivity contribution is 7.10. The fourth-order valence-electron chi connectivity index (χ4n) is 1.25. The lowest BCUT2D eigenvalue weighted by molar-refractivity contribution is -0.116. The molecule has 0 aliphatic rings. The third-order valence-corrected chi connectivity index (χ3v) is 2.76. The summed E-state index contributed by atoms with van der Waals surface area (Å²) >= 11 is 1.51. The Morgan fingerprint density at radius 2 is 2.40 bits per heavy atom. The maximum atomic E-state index is 10.9. The first kappa shape index (κ1) is 9.98. The molecule has 0 amide bonds. The summed E-state index contributed by atoms with van der Waals surface area (Å²) in [6.07, 6.45) is 3.92. The molecule has 2 rings (SSSR count). The average Bonchev–Trinajstić information content (AvgIpc) is 2.67. The Balaban J connectivity index is 2.24. The van der Waals surface area contributed by atoms with Crippen LogP contribution in [-0.4, -0.2) is 15.8 Å². The van der Waals surface area contributed by atoms with E-state index >= 15 is 0 Å². The van der Waals surface area contributed by atoms with Crippen LogP contribution in [0.3, 0.4) is 0 Å². The minimum atomic E-state index is 0.141. The second-order valence-electron chi connectivity index (χ2n) is 3.25. The standard InChI is InChI=1S/C11H10N2OS/c1-8(14)5-11-13-10(7-15-11)9-3-2-4-12-6-9/h2-4,6-7H,5H2,1H3. The highest BCUT2D eigenvalue weighted by atomic mass is 32.1. The molecule has 15 heavy (non-hydrogen) atoms. The average molecular weight is 218 g/mol. The van der Waals surface area contributed by atoms with Gasteiger partial charge >= 0.3 is 0 Å². The van der Waals surface area contributed by atoms with Crippen LogP contribution in [0, 0.1) is 0 Å². The summed E-state index contributed by atoms with van der Waals surface area (Å²) in [6, 6.07) is 3.83. The van der Waals surface area contributed by atoms with Crippen LogP contribution in [0.4, 0.5) is 0 Å². The van der Waals surface area contributed by atoms with Crippen LogP contribution in [0.25, 0.3) is 11.3 Å². The lowest BCUT2D eigenvalue weighted by atomic mass is 10.2. The Labute approximate surface area is 91.8 Å². The van der Waals surface area contributed by atoms with Gasteiger partial charge in [-0.25, -0.2) is 4.98 Å². The number of carbonyl (C=O) groups excluding carboxylic acids is 1. The Morgan fingerprint density at radius 3 is 3.07 bits per heavy atom. The Hall–Kier alpha value is -1.55. The van der Waals surface area contributed by atoms with Crippen molar-refractivity contribution in [2.45, 2.75) is 13.3 Å². The first-order valence-electron chi connectivity index (χ1n) is 4.60. The molecule has 0 atom stereocenters. The molecule has 2 heterocycles. The maximum absolute atomic E-state index is 10.9. The van der Waals surface area contributed by atoms with E-state index in [-0.39, 0.29) is 5.78 Å². The van der Waals surface area contributed by atoms with E-state index in [0.717, 1.165) is 16.3 Å². The molecule has 0 aromatic carbocycles. The molecule has 76 valence electrons. The molecule has 4 heteroatoms. The normalized spacial score (nSPS) is 10.2. The highest BCUT2D eigenvalue weighted by Crippen LogP contribution is 2.20. The molecule has 0 aliphatic heterocycles. The molecule has 0 saturated carbocycles. The van der Waals surface area contributed by atoms with E-state index < -0.39 is 0 Å². The predicted octanol–water partition coefficient (Wildman–Crippen LogP) is 2.34. The number of hydrogen-bond donors (Lipinski definition) is 0. The van der Waals surface area contributed by atoms with Crippen LogP contribution in [0.5, 0.6) is 0 Å². The van der Waals surface area contributed by atoms with Gasteiger partial charge in [0, 0.05) is 23.3 Å². The van der Waals surface area contributed by atoms with Gasteiger partial charge in [0.05, 0.1) is 12.1 Å². The van der Waals surface area contributed by atoms with E-state index in [9.17, 15) is 4.79 Å². The van der Waals surface area contributed by atoms with Gasteiger partial charge in [-0.15, -0.1) is 11.3 Å². The Bertz CT molecular complexity index is 464. The van der Waals surface area contributed by atoms with E-state index in [2.05, 4.69) is 9.97 Å². The van der Waals surface area contributed by atoms with Crippen molar-refractivity contribution in [3.8, 4) is 11.3 Å². The molecule has 0 spiro atoms. The van der Waals surface area contributed by atoms with Crippen molar-refractivity contribution in [1.82, 2.24) is 9.97 Å². The summed E-state index contributed by atoms with van der Waals surface area (Å²) in [7, 11) is 0. The van der Waals surface area contributed by atoms with E-state index in [0.29, 0.717) is 6.42 Å². The topological polar surface area (TPSA) is 42.9 Å². The van der Waals surface area contributed by atoms with Gasteiger partial charge in [-0.2, -0.15) is 0 Å². The van der Waals surface area contributed by atoms with Gasteiger partial charge in [-0.05, 0) is 19.1 Å². The molecule has 0 saturated heterocycles. The van der Waals surface area contributed by atoms with Crippen LogP contribution in [-0.2, 0) is 11.2 Å². The fraction of sp³-hybridized carbons (Fsp3) is 0.182. The van der Waals surface area contributed by atoms with E-state index in [1.54, 1.807) is 19.3 Å². The van der Waals surface area contributed by atoms with Crippen LogP contribution in [0.2, 0.25) is 0 Å². The van der Waals surface area contributed by atoms with Gasteiger partial charge in [-0.1, -0.05) is 0 Å². The zero-order chi connectivity index (χ0) is 10.7. The van der Waals surface area contributed by atoms with E-state index in [4.69, 9.17) is 0 Å². The largest absolute Gasteiger partial charge is 0.300 e. The number of pyridine rings is 1. The lowest BCUT2D eigenvalue weighted by Gasteiger charge is -1.93. The number of aromatic nitrogens is 2. The number of hydrogen-bond acceptors (Lipinski definition) is 4. The molecule has 0 fully saturated rings. The minimum absolute atomic E-state index is 0.141. The number of thiazole rings is 1. The zero-order valence-electron chi connectivity index (χ0n) is 8.30. The van der Waals surface area contributed by atoms with Crippen molar-refractivity contribution >= 4 is 17.1 Å². The van der Waals surface area contributed by atoms with Gasteiger partial charge in [0.15, 0.2) is 0 Å². The van der Waals surface area contributed by atoms with Gasteiger partial charge in [0.25, 0.3) is 0 Å². The number of rotatable bonds is 3. The number of carbonyl (C=O) groups is 1. The minimum Gasteiger partial charge on any atom is -0.300 e. The second kappa shape index (κ2) is 4.31. The van der Waals surface area contributed by atoms with Crippen LogP contribution < -0.4 is 0 Å². The van der Waals surface area contributed by atoms with E-state index in [1.165, 1.54) is 11.3 Å². The fourth-order valence-corrected chi connectivity index (χ4v) is 2.13. The van der Waals surface area contributed by atoms with Crippen molar-refractivity contribution in [3.05, 3.63) is 34.9 Å². The third-order valence-electron chi connectivity index (χ3n) is 1.91. The summed E-state index contributed by atoms with van der Waals surface area (Å²) in [5.41, 5.74) is 1.88. The number of Topliss-reactive ketones (excluding diaryl/α,β-unsaturated/α-hetero) is 1. The molecule has 0 N–H and O–H groups in total. The molecule has 0 unspecified atom stereocenters. The summed E-state index contributed by atoms with van der Waals surface area (Å²) in [4.78, 5) is 19.3. The highest BCUT2D eigenvalue weighted by Gasteiger charge is 2.05. The number of nitrogens with zero attached hydrogens (tertiary/aromatic N) is 2. The van der Waals surface area contributed by atoms with Crippen molar-refractivity contribution in [1.29, 1.82) is 0 Å². The lowest BCUT2D eigenvalue weighted by Crippen LogP contribution is -1.95. The monoisotopic (exact) mass is 218 g/mol. The van der Waals surface area contributed by atoms with Crippen LogP contribution in [0.15, 0.2) is 29.9 Å². The molecular weight excluding hydrogens is 208 g/mol. The smallest absolute Gasteiger partial charge is 0.136 e. The molecular formula is C11H10N2OS. The molecule has 0 aliphatic carbocycles. The first-order chi connectivity index (χ1) is 7.25. The van der Waals surface area contributed by atoms with E-state index in [1.807, 2.05) is 17.5 Å². The van der Waals surface area contributed by atoms with Crippen LogP contribution in [0.1, 0.15) is 11.9 Å². The summed E-state index contributed by atoms with van der Waals surface area (Å²) in [5, 5.41) is 2.82. The summed E-state index contributed by atoms with van der Waals surface area (Å²) in [5.74, 6) is 0.141. The van der Waals surface area contributed by atoms with Gasteiger partial charge in [0.2, 0.25) is 0 Å². The Kier molecular flexibility index (Phi) is 2.87. The van der Waals surface area contributed by atoms with Gasteiger partial charge in [0.1, 0.15) is 10.8 Å². The zero-order valence-corrected chi connectivity index (χ0v) is 9.12. The second-order valence-corrected chi connectivity index (χ2v) is 4.19. The SMILES string of the molecule is CC(=O)Cc1nc(-c2cccnc2)cs1. The van der Waals surface area contributed by atoms with Crippen molar-refractivity contribution in [2.75, 3.05) is 0 Å². The van der Waals surface area contributed by atoms with Gasteiger partial charge in [-0.3, -0.25) is 9.78 Å². The third kappa shape index (κ3) is 2.47. The molecule has 0 radical (unpaired) electrons. The molecule has 0 bridgehead atoms. The quantitative estimate of drug-likeness (QED) is 0.794. The summed E-state index contributed by atoms with van der Waals surface area (Å²) in [6.45, 7) is 1.57. The predicted molar refractivity (Wildman–Crippen MR) is 59.7 cm³/mol. The maximum Gasteiger partial charge on any atom is 0.136 e. The summed E-state index contributed by atoms with van der Waals surface area (Å²) < 4.78 is 0. The first-order valence-corrected chi connectivity index (χ1v) is 5.48. The molecule has 2 aromatic heterocycles. The van der Waals surface area contributed by atoms with Crippen LogP contribution >= 0.6 is 11.3 Å². The van der Waals surface area contributed by atoms with Crippen molar-refractivity contribution in [3.63, 3.8) is 0 Å². The van der Waals surface area contributed by atoms with Crippen molar-refractivity contribution in [2.24, 2.45) is 0 Å². The van der Waals surface area contributed by atoms with Crippen molar-refractivity contribution < 1.29 is 4.79 Å².